The predicted octanol–water partition coefficient (Wildman–Crippen LogP) is 3.56. The van der Waals surface area contributed by atoms with Crippen molar-refractivity contribution < 1.29 is 23.4 Å². The molecular formula is C17H13ClNO5S-. The number of rotatable bonds is 5. The molecule has 0 aliphatic rings. The summed E-state index contributed by atoms with van der Waals surface area (Å²) >= 11 is 3.43. The minimum absolute atomic E-state index is 0.0173. The minimum atomic E-state index is -2.42. The van der Waals surface area contributed by atoms with Crippen molar-refractivity contribution in [3.8, 4) is 34.1 Å². The third kappa shape index (κ3) is 3.69. The first-order chi connectivity index (χ1) is 12.0. The summed E-state index contributed by atoms with van der Waals surface area (Å²) in [6.07, 6.45) is 0. The van der Waals surface area contributed by atoms with Crippen LogP contribution in [0, 0.1) is 0 Å². The van der Waals surface area contributed by atoms with Crippen molar-refractivity contribution in [1.82, 2.24) is 4.72 Å². The molecule has 0 radical (unpaired) electrons. The Kier molecular flexibility index (Phi) is 5.10. The summed E-state index contributed by atoms with van der Waals surface area (Å²) in [5.41, 5.74) is 1.59. The molecule has 6 nitrogen and oxygen atoms in total. The molecular weight excluding hydrogens is 366 g/mol. The Bertz CT molecular complexity index is 923. The molecule has 3 aromatic rings. The van der Waals surface area contributed by atoms with Gasteiger partial charge in [0.2, 0.25) is 11.5 Å². The normalized spacial score (nSPS) is 12.2. The van der Waals surface area contributed by atoms with Crippen LogP contribution < -0.4 is 4.72 Å². The maximum atomic E-state index is 10.7. The molecule has 1 aromatic heterocycles. The van der Waals surface area contributed by atoms with Crippen LogP contribution in [0.5, 0.6) is 11.5 Å². The van der Waals surface area contributed by atoms with E-state index < -0.39 is 22.8 Å². The summed E-state index contributed by atoms with van der Waals surface area (Å²) in [5, 5.41) is 21.0. The van der Waals surface area contributed by atoms with Crippen LogP contribution in [0.3, 0.4) is 0 Å². The lowest BCUT2D eigenvalue weighted by Gasteiger charge is -2.10. The molecule has 0 aliphatic carbocycles. The molecule has 25 heavy (non-hydrogen) atoms. The zero-order valence-electron chi connectivity index (χ0n) is 12.7. The molecule has 130 valence electrons. The number of nitrogens with one attached hydrogen (secondary N) is 1. The second-order valence-electron chi connectivity index (χ2n) is 5.18. The summed E-state index contributed by atoms with van der Waals surface area (Å²) in [7, 11) is 0. The molecule has 3 rings (SSSR count). The van der Waals surface area contributed by atoms with Gasteiger partial charge in [0.1, 0.15) is 0 Å². The molecule has 0 saturated heterocycles. The Balaban J connectivity index is 2.06. The van der Waals surface area contributed by atoms with Gasteiger partial charge < -0.3 is 19.2 Å². The van der Waals surface area contributed by atoms with Gasteiger partial charge in [-0.3, -0.25) is 4.21 Å². The second kappa shape index (κ2) is 7.28. The summed E-state index contributed by atoms with van der Waals surface area (Å²) in [4.78, 5) is 0. The molecule has 1 unspecified atom stereocenters. The third-order valence-corrected chi connectivity index (χ3v) is 4.24. The Morgan fingerprint density at radius 3 is 2.36 bits per heavy atom. The second-order valence-corrected chi connectivity index (χ2v) is 6.37. The number of aromatic hydroxyl groups is 2. The van der Waals surface area contributed by atoms with Gasteiger partial charge in [-0.2, -0.15) is 0 Å². The number of halogens is 1. The van der Waals surface area contributed by atoms with Crippen molar-refractivity contribution in [2.75, 3.05) is 0 Å². The topological polar surface area (TPSA) is 106 Å². The van der Waals surface area contributed by atoms with Crippen LogP contribution in [-0.4, -0.2) is 19.0 Å². The lowest BCUT2D eigenvalue weighted by molar-refractivity contribution is 0.410. The number of furan rings is 1. The van der Waals surface area contributed by atoms with E-state index >= 15 is 0 Å². The predicted molar refractivity (Wildman–Crippen MR) is 93.7 cm³/mol. The third-order valence-electron chi connectivity index (χ3n) is 3.61. The number of hydrogen-bond donors (Lipinski definition) is 3. The molecule has 0 spiro atoms. The van der Waals surface area contributed by atoms with Crippen LogP contribution in [0.15, 0.2) is 52.9 Å². The fourth-order valence-electron chi connectivity index (χ4n) is 2.43. The number of benzene rings is 2. The molecule has 0 fully saturated rings. The van der Waals surface area contributed by atoms with E-state index in [0.29, 0.717) is 21.7 Å². The molecule has 2 aromatic carbocycles. The van der Waals surface area contributed by atoms with Crippen LogP contribution in [0.2, 0.25) is 5.02 Å². The molecule has 0 bridgehead atoms. The van der Waals surface area contributed by atoms with E-state index in [9.17, 15) is 19.0 Å². The SMILES string of the molecule is O=S([O-])NCc1ccccc1-c1oc(-c2ccc(Cl)cc2)c(O)c1O. The van der Waals surface area contributed by atoms with Crippen molar-refractivity contribution in [2.45, 2.75) is 6.54 Å². The van der Waals surface area contributed by atoms with Crippen LogP contribution in [-0.2, 0) is 17.8 Å². The van der Waals surface area contributed by atoms with Crippen LogP contribution >= 0.6 is 11.6 Å². The Labute approximate surface area is 151 Å². The van der Waals surface area contributed by atoms with Crippen LogP contribution in [0.1, 0.15) is 5.56 Å². The average molecular weight is 379 g/mol. The molecule has 0 amide bonds. The number of hydrogen-bond acceptors (Lipinski definition) is 5. The van der Waals surface area contributed by atoms with Gasteiger partial charge in [0, 0.05) is 34.0 Å². The van der Waals surface area contributed by atoms with E-state index in [-0.39, 0.29) is 18.1 Å². The van der Waals surface area contributed by atoms with Crippen molar-refractivity contribution >= 4 is 22.9 Å². The zero-order valence-corrected chi connectivity index (χ0v) is 14.3. The highest BCUT2D eigenvalue weighted by Crippen LogP contribution is 2.47. The summed E-state index contributed by atoms with van der Waals surface area (Å²) < 4.78 is 29.4. The van der Waals surface area contributed by atoms with Gasteiger partial charge in [0.15, 0.2) is 11.5 Å². The monoisotopic (exact) mass is 378 g/mol. The Hall–Kier alpha value is -2.32. The van der Waals surface area contributed by atoms with Gasteiger partial charge in [-0.25, -0.2) is 4.72 Å². The summed E-state index contributed by atoms with van der Waals surface area (Å²) in [6, 6.07) is 13.4. The molecule has 8 heteroatoms. The maximum Gasteiger partial charge on any atom is 0.205 e. The summed E-state index contributed by atoms with van der Waals surface area (Å²) in [6.45, 7) is 0.0173. The van der Waals surface area contributed by atoms with Gasteiger partial charge in [-0.05, 0) is 29.8 Å². The molecule has 3 N–H and O–H groups in total. The van der Waals surface area contributed by atoms with E-state index in [0.717, 1.165) is 0 Å². The van der Waals surface area contributed by atoms with Gasteiger partial charge >= 0.3 is 0 Å². The highest BCUT2D eigenvalue weighted by molar-refractivity contribution is 7.77. The maximum absolute atomic E-state index is 10.7. The highest BCUT2D eigenvalue weighted by Gasteiger charge is 2.23. The fraction of sp³-hybridized carbons (Fsp3) is 0.0588. The average Bonchev–Trinajstić information content (AvgIpc) is 2.89. The van der Waals surface area contributed by atoms with E-state index in [4.69, 9.17) is 16.0 Å². The van der Waals surface area contributed by atoms with E-state index in [1.807, 2.05) is 0 Å². The first-order valence-electron chi connectivity index (χ1n) is 7.19. The minimum Gasteiger partial charge on any atom is -0.760 e. The molecule has 0 saturated carbocycles. The van der Waals surface area contributed by atoms with Crippen molar-refractivity contribution in [3.63, 3.8) is 0 Å². The molecule has 1 heterocycles. The van der Waals surface area contributed by atoms with Gasteiger partial charge in [0.25, 0.3) is 0 Å². The van der Waals surface area contributed by atoms with Crippen molar-refractivity contribution in [3.05, 3.63) is 59.1 Å². The molecule has 0 aliphatic heterocycles. The first-order valence-corrected chi connectivity index (χ1v) is 8.64. The van der Waals surface area contributed by atoms with E-state index in [2.05, 4.69) is 4.72 Å². The standard InChI is InChI=1S/C17H14ClNO5S/c18-12-7-5-10(6-8-12)16-14(20)15(21)17(24-16)13-4-2-1-3-11(13)9-19-25(22)23/h1-8,19-21H,9H2,(H,22,23)/p-1. The van der Waals surface area contributed by atoms with Crippen LogP contribution in [0.4, 0.5) is 0 Å². The van der Waals surface area contributed by atoms with Gasteiger partial charge in [-0.1, -0.05) is 35.9 Å². The zero-order chi connectivity index (χ0) is 18.0. The Morgan fingerprint density at radius 2 is 1.68 bits per heavy atom. The first kappa shape index (κ1) is 17.5. The highest BCUT2D eigenvalue weighted by atomic mass is 35.5. The summed E-state index contributed by atoms with van der Waals surface area (Å²) in [5.74, 6) is -0.663. The molecule has 1 atom stereocenters. The quantitative estimate of drug-likeness (QED) is 0.588. The van der Waals surface area contributed by atoms with Gasteiger partial charge in [-0.15, -0.1) is 0 Å². The van der Waals surface area contributed by atoms with E-state index in [1.165, 1.54) is 0 Å². The lowest BCUT2D eigenvalue weighted by Crippen LogP contribution is -2.16. The van der Waals surface area contributed by atoms with Gasteiger partial charge in [0.05, 0.1) is 0 Å². The smallest absolute Gasteiger partial charge is 0.205 e. The Morgan fingerprint density at radius 1 is 1.04 bits per heavy atom. The van der Waals surface area contributed by atoms with E-state index in [1.54, 1.807) is 48.5 Å². The van der Waals surface area contributed by atoms with Crippen molar-refractivity contribution in [1.29, 1.82) is 0 Å². The van der Waals surface area contributed by atoms with Crippen molar-refractivity contribution in [2.24, 2.45) is 0 Å². The lowest BCUT2D eigenvalue weighted by atomic mass is 10.0. The fourth-order valence-corrected chi connectivity index (χ4v) is 2.83. The largest absolute Gasteiger partial charge is 0.760 e. The van der Waals surface area contributed by atoms with Crippen LogP contribution in [0.25, 0.3) is 22.6 Å².